The zero-order chi connectivity index (χ0) is 32.1. The molecule has 1 saturated heterocycles. The highest BCUT2D eigenvalue weighted by atomic mass is 16.6. The molecule has 242 valence electrons. The molecule has 0 spiro atoms. The number of ketones is 1. The quantitative estimate of drug-likeness (QED) is 0.151. The summed E-state index contributed by atoms with van der Waals surface area (Å²) in [5.41, 5.74) is 0.781. The highest BCUT2D eigenvalue weighted by Gasteiger charge is 2.31. The third-order valence-electron chi connectivity index (χ3n) is 7.44. The Bertz CT molecular complexity index is 1200. The van der Waals surface area contributed by atoms with Crippen molar-refractivity contribution in [3.05, 3.63) is 48.0 Å². The van der Waals surface area contributed by atoms with Gasteiger partial charge in [0.1, 0.15) is 30.5 Å². The number of hydrogen-bond donors (Lipinski definition) is 6. The zero-order valence-electron chi connectivity index (χ0n) is 24.7. The van der Waals surface area contributed by atoms with Crippen molar-refractivity contribution in [3.8, 4) is 23.0 Å². The van der Waals surface area contributed by atoms with E-state index < -0.39 is 30.3 Å². The fraction of sp³-hybridized carbons (Fsp3) is 0.516. The van der Waals surface area contributed by atoms with Crippen molar-refractivity contribution in [1.29, 1.82) is 0 Å². The molecule has 0 bridgehead atoms. The normalized spacial score (nSPS) is 16.9. The molecule has 0 aromatic heterocycles. The molecule has 13 heteroatoms. The number of quaternary nitrogens is 1. The Morgan fingerprint density at radius 2 is 1.45 bits per heavy atom. The summed E-state index contributed by atoms with van der Waals surface area (Å²) in [6, 6.07) is 13.0. The maximum Gasteiger partial charge on any atom is 0.335 e. The number of rotatable bonds is 15. The number of carboxylic acid groups (broad SMARTS) is 2. The SMILES string of the molecule is COc1ccc(OCCCC(=O)C[C@H](C[NH+]2CCCC2)[C@H](O)c2ccc3c(c2)OCCO3)cc1.O=C(O)[C@@H](O)[C@H](O)C(=O)O. The average Bonchev–Trinajstić information content (AvgIpc) is 3.55. The van der Waals surface area contributed by atoms with Crippen LogP contribution < -0.4 is 23.8 Å². The van der Waals surface area contributed by atoms with Gasteiger partial charge in [0.05, 0.1) is 39.5 Å². The van der Waals surface area contributed by atoms with Gasteiger partial charge in [0.2, 0.25) is 0 Å². The fourth-order valence-corrected chi connectivity index (χ4v) is 5.06. The number of aliphatic carboxylic acids is 2. The Morgan fingerprint density at radius 1 is 0.864 bits per heavy atom. The van der Waals surface area contributed by atoms with Gasteiger partial charge >= 0.3 is 11.9 Å². The van der Waals surface area contributed by atoms with Crippen molar-refractivity contribution in [2.45, 2.75) is 50.4 Å². The minimum atomic E-state index is -2.27. The molecule has 4 rings (SSSR count). The fourth-order valence-electron chi connectivity index (χ4n) is 5.06. The van der Waals surface area contributed by atoms with Gasteiger partial charge in [-0.3, -0.25) is 4.79 Å². The van der Waals surface area contributed by atoms with Crippen molar-refractivity contribution in [3.63, 3.8) is 0 Å². The summed E-state index contributed by atoms with van der Waals surface area (Å²) in [5.74, 6) is -0.592. The molecule has 0 amide bonds. The Balaban J connectivity index is 0.000000456. The van der Waals surface area contributed by atoms with Crippen LogP contribution in [-0.2, 0) is 14.4 Å². The predicted molar refractivity (Wildman–Crippen MR) is 155 cm³/mol. The van der Waals surface area contributed by atoms with Crippen LogP contribution in [0.15, 0.2) is 42.5 Å². The van der Waals surface area contributed by atoms with Gasteiger partial charge in [0.15, 0.2) is 23.7 Å². The van der Waals surface area contributed by atoms with E-state index in [1.807, 2.05) is 42.5 Å². The molecule has 2 aliphatic rings. The monoisotopic (exact) mass is 620 g/mol. The summed E-state index contributed by atoms with van der Waals surface area (Å²) < 4.78 is 22.2. The molecule has 2 aliphatic heterocycles. The van der Waals surface area contributed by atoms with Gasteiger partial charge in [0, 0.05) is 31.6 Å². The summed E-state index contributed by atoms with van der Waals surface area (Å²) >= 11 is 0. The van der Waals surface area contributed by atoms with Crippen LogP contribution in [0.2, 0.25) is 0 Å². The molecule has 13 nitrogen and oxygen atoms in total. The maximum atomic E-state index is 12.9. The van der Waals surface area contributed by atoms with Gasteiger partial charge in [-0.15, -0.1) is 0 Å². The topological polar surface area (TPSA) is 194 Å². The van der Waals surface area contributed by atoms with Crippen LogP contribution in [-0.4, -0.2) is 102 Å². The summed E-state index contributed by atoms with van der Waals surface area (Å²) in [4.78, 5) is 33.9. The molecule has 0 saturated carbocycles. The van der Waals surface area contributed by atoms with Crippen molar-refractivity contribution in [2.75, 3.05) is 46.6 Å². The molecule has 6 N–H and O–H groups in total. The van der Waals surface area contributed by atoms with Crippen molar-refractivity contribution < 1.29 is 63.8 Å². The zero-order valence-corrected chi connectivity index (χ0v) is 24.7. The molecule has 44 heavy (non-hydrogen) atoms. The van der Waals surface area contributed by atoms with Crippen LogP contribution in [0, 0.1) is 5.92 Å². The van der Waals surface area contributed by atoms with Crippen molar-refractivity contribution >= 4 is 17.7 Å². The Kier molecular flexibility index (Phi) is 13.7. The second-order valence-electron chi connectivity index (χ2n) is 10.7. The lowest BCUT2D eigenvalue weighted by Gasteiger charge is -2.26. The van der Waals surface area contributed by atoms with E-state index in [9.17, 15) is 19.5 Å². The average molecular weight is 621 g/mol. The van der Waals surface area contributed by atoms with Crippen LogP contribution in [0.3, 0.4) is 0 Å². The van der Waals surface area contributed by atoms with Gasteiger partial charge in [0.25, 0.3) is 0 Å². The van der Waals surface area contributed by atoms with Gasteiger partial charge in [-0.1, -0.05) is 6.07 Å². The lowest BCUT2D eigenvalue weighted by molar-refractivity contribution is -0.891. The number of likely N-dealkylation sites (tertiary alicyclic amines) is 1. The molecular weight excluding hydrogens is 578 g/mol. The van der Waals surface area contributed by atoms with E-state index in [1.165, 1.54) is 17.7 Å². The summed E-state index contributed by atoms with van der Waals surface area (Å²) in [6.07, 6.45) is -1.39. The number of benzene rings is 2. The van der Waals surface area contributed by atoms with Crippen molar-refractivity contribution in [2.24, 2.45) is 5.92 Å². The molecular formula is C31H42NO12+. The number of carboxylic acids is 2. The first-order valence-corrected chi connectivity index (χ1v) is 14.6. The maximum absolute atomic E-state index is 12.9. The van der Waals surface area contributed by atoms with Gasteiger partial charge in [-0.25, -0.2) is 9.59 Å². The van der Waals surface area contributed by atoms with E-state index in [4.69, 9.17) is 39.4 Å². The lowest BCUT2D eigenvalue weighted by Crippen LogP contribution is -3.10. The number of Topliss-reactive ketones (excluding diaryl/α,β-unsaturated/α-hetero) is 1. The second-order valence-corrected chi connectivity index (χ2v) is 10.7. The number of nitrogens with one attached hydrogen (secondary N) is 1. The molecule has 2 heterocycles. The van der Waals surface area contributed by atoms with Crippen molar-refractivity contribution in [1.82, 2.24) is 0 Å². The number of fused-ring (bicyclic) bond motifs is 1. The standard InChI is InChI=1S/C27H35NO6.C4H6O6/c1-31-23-7-9-24(10-8-23)32-14-4-5-22(29)17-21(19-28-12-2-3-13-28)27(30)20-6-11-25-26(18-20)34-16-15-33-25;5-1(3(7)8)2(6)4(9)10/h6-11,18,21,27,30H,2-5,12-17,19H2,1H3;1-2,5-6H,(H,7,8)(H,9,10)/p+1/t21-,27-;1-,2-/m10/s1. The van der Waals surface area contributed by atoms with Crippen LogP contribution in [0.5, 0.6) is 23.0 Å². The first kappa shape index (κ1) is 34.6. The van der Waals surface area contributed by atoms with Crippen LogP contribution in [0.25, 0.3) is 0 Å². The minimum Gasteiger partial charge on any atom is -0.497 e. The minimum absolute atomic E-state index is 0.134. The Morgan fingerprint density at radius 3 is 2.05 bits per heavy atom. The third-order valence-corrected chi connectivity index (χ3v) is 7.44. The molecule has 0 unspecified atom stereocenters. The molecule has 4 atom stereocenters. The van der Waals surface area contributed by atoms with Crippen LogP contribution in [0.4, 0.5) is 0 Å². The second kappa shape index (κ2) is 17.4. The lowest BCUT2D eigenvalue weighted by atomic mass is 9.89. The highest BCUT2D eigenvalue weighted by Crippen LogP contribution is 2.35. The number of aliphatic hydroxyl groups excluding tert-OH is 3. The number of carbonyl (C=O) groups excluding carboxylic acids is 1. The third kappa shape index (κ3) is 10.7. The Labute approximate surface area is 255 Å². The first-order valence-electron chi connectivity index (χ1n) is 14.6. The van der Waals surface area contributed by atoms with Crippen LogP contribution >= 0.6 is 0 Å². The highest BCUT2D eigenvalue weighted by molar-refractivity contribution is 5.83. The number of methoxy groups -OCH3 is 1. The van der Waals surface area contributed by atoms with Gasteiger partial charge < -0.3 is 49.4 Å². The molecule has 0 radical (unpaired) electrons. The number of hydrogen-bond acceptors (Lipinski definition) is 10. The van der Waals surface area contributed by atoms with Gasteiger partial charge in [-0.2, -0.15) is 0 Å². The van der Waals surface area contributed by atoms with Gasteiger partial charge in [-0.05, 0) is 48.4 Å². The number of ether oxygens (including phenoxy) is 4. The van der Waals surface area contributed by atoms with E-state index in [0.29, 0.717) is 50.6 Å². The van der Waals surface area contributed by atoms with E-state index in [1.54, 1.807) is 7.11 Å². The van der Waals surface area contributed by atoms with E-state index in [2.05, 4.69) is 0 Å². The Hall–Kier alpha value is -3.91. The largest absolute Gasteiger partial charge is 0.497 e. The summed E-state index contributed by atoms with van der Waals surface area (Å²) in [6.45, 7) is 4.52. The van der Waals surface area contributed by atoms with E-state index >= 15 is 0 Å². The molecule has 1 fully saturated rings. The number of carbonyl (C=O) groups is 3. The van der Waals surface area contributed by atoms with E-state index in [0.717, 1.165) is 36.7 Å². The molecule has 2 aromatic rings. The molecule has 0 aliphatic carbocycles. The van der Waals surface area contributed by atoms with E-state index in [-0.39, 0.29) is 11.7 Å². The first-order chi connectivity index (χ1) is 21.1. The van der Waals surface area contributed by atoms with Crippen LogP contribution in [0.1, 0.15) is 43.8 Å². The predicted octanol–water partition coefficient (Wildman–Crippen LogP) is 0.491. The smallest absolute Gasteiger partial charge is 0.335 e. The summed E-state index contributed by atoms with van der Waals surface area (Å²) in [5, 5.41) is 43.8. The molecule has 2 aromatic carbocycles. The number of aliphatic hydroxyl groups is 3. The summed E-state index contributed by atoms with van der Waals surface area (Å²) in [7, 11) is 1.63.